The average molecular weight is 465 g/mol. The van der Waals surface area contributed by atoms with Crippen molar-refractivity contribution in [3.63, 3.8) is 0 Å². The second-order valence-electron chi connectivity index (χ2n) is 9.93. The number of amides is 2. The van der Waals surface area contributed by atoms with Crippen molar-refractivity contribution < 1.29 is 14.3 Å². The lowest BCUT2D eigenvalue weighted by Gasteiger charge is -2.41. The molecule has 0 bridgehead atoms. The standard InChI is InChI=1S/C24H40N4O3S/c1-18(2)15-20-22(29)26-19(3)17-31-13-6-4-5-7-24(23(30)27-20)8-11-28(12-9-24)16-21-25-10-14-32-21/h10,14,18-20H,4-9,11-13,15-17H2,1-3H3,(H,26,29)(H,27,30)/t19-,20+/m1/s1. The summed E-state index contributed by atoms with van der Waals surface area (Å²) in [6.07, 6.45) is 8.08. The van der Waals surface area contributed by atoms with E-state index in [0.29, 0.717) is 25.6 Å². The van der Waals surface area contributed by atoms with Gasteiger partial charge in [-0.3, -0.25) is 14.5 Å². The number of hydrogen-bond acceptors (Lipinski definition) is 6. The van der Waals surface area contributed by atoms with Crippen LogP contribution in [-0.4, -0.2) is 60.1 Å². The molecule has 2 aliphatic rings. The summed E-state index contributed by atoms with van der Waals surface area (Å²) in [6, 6.07) is -0.571. The van der Waals surface area contributed by atoms with Crippen LogP contribution >= 0.6 is 11.3 Å². The Kier molecular flexibility index (Phi) is 9.49. The predicted octanol–water partition coefficient (Wildman–Crippen LogP) is 3.35. The molecule has 7 nitrogen and oxygen atoms in total. The quantitative estimate of drug-likeness (QED) is 0.714. The first-order valence-corrected chi connectivity index (χ1v) is 13.1. The van der Waals surface area contributed by atoms with Crippen molar-refractivity contribution >= 4 is 23.2 Å². The number of nitrogens with zero attached hydrogens (tertiary/aromatic N) is 2. The minimum absolute atomic E-state index is 0.0631. The van der Waals surface area contributed by atoms with E-state index in [1.807, 2.05) is 18.5 Å². The van der Waals surface area contributed by atoms with Gasteiger partial charge in [0.2, 0.25) is 11.8 Å². The van der Waals surface area contributed by atoms with E-state index in [1.54, 1.807) is 11.3 Å². The zero-order valence-corrected chi connectivity index (χ0v) is 20.7. The van der Waals surface area contributed by atoms with E-state index >= 15 is 0 Å². The third-order valence-electron chi connectivity index (χ3n) is 6.67. The van der Waals surface area contributed by atoms with E-state index in [9.17, 15) is 9.59 Å². The fourth-order valence-corrected chi connectivity index (χ4v) is 5.41. The van der Waals surface area contributed by atoms with Crippen LogP contribution in [-0.2, 0) is 20.9 Å². The van der Waals surface area contributed by atoms with Crippen molar-refractivity contribution in [3.8, 4) is 0 Å². The molecule has 2 saturated heterocycles. The molecule has 0 radical (unpaired) electrons. The summed E-state index contributed by atoms with van der Waals surface area (Å²) in [5.74, 6) is 0.275. The van der Waals surface area contributed by atoms with Gasteiger partial charge in [-0.05, 0) is 58.0 Å². The van der Waals surface area contributed by atoms with Crippen LogP contribution in [0.2, 0.25) is 0 Å². The molecule has 0 unspecified atom stereocenters. The Hall–Kier alpha value is -1.51. The smallest absolute Gasteiger partial charge is 0.242 e. The molecule has 1 aromatic heterocycles. The van der Waals surface area contributed by atoms with Gasteiger partial charge in [-0.2, -0.15) is 0 Å². The minimum atomic E-state index is -0.502. The lowest BCUT2D eigenvalue weighted by atomic mass is 9.73. The van der Waals surface area contributed by atoms with Gasteiger partial charge in [-0.1, -0.05) is 26.7 Å². The van der Waals surface area contributed by atoms with Gasteiger partial charge in [0, 0.05) is 24.2 Å². The van der Waals surface area contributed by atoms with E-state index in [1.165, 1.54) is 0 Å². The molecule has 32 heavy (non-hydrogen) atoms. The topological polar surface area (TPSA) is 83.6 Å². The second kappa shape index (κ2) is 12.1. The Balaban J connectivity index is 1.71. The first kappa shape index (κ1) is 25.1. The summed E-state index contributed by atoms with van der Waals surface area (Å²) in [5.41, 5.74) is -0.397. The van der Waals surface area contributed by atoms with Crippen molar-refractivity contribution in [2.45, 2.75) is 84.3 Å². The number of likely N-dealkylation sites (tertiary alicyclic amines) is 1. The molecule has 1 aromatic rings. The van der Waals surface area contributed by atoms with E-state index < -0.39 is 11.5 Å². The predicted molar refractivity (Wildman–Crippen MR) is 127 cm³/mol. The lowest BCUT2D eigenvalue weighted by molar-refractivity contribution is -0.139. The van der Waals surface area contributed by atoms with Gasteiger partial charge in [0.05, 0.1) is 18.6 Å². The maximum Gasteiger partial charge on any atom is 0.242 e. The summed E-state index contributed by atoms with van der Waals surface area (Å²) >= 11 is 1.68. The molecule has 0 saturated carbocycles. The Morgan fingerprint density at radius 2 is 1.97 bits per heavy atom. The number of nitrogens with one attached hydrogen (secondary N) is 2. The third-order valence-corrected chi connectivity index (χ3v) is 7.43. The molecule has 180 valence electrons. The van der Waals surface area contributed by atoms with Crippen molar-refractivity contribution in [2.75, 3.05) is 26.3 Å². The Labute approximate surface area is 196 Å². The number of aromatic nitrogens is 1. The number of ether oxygens (including phenoxy) is 1. The van der Waals surface area contributed by atoms with Crippen LogP contribution in [0.25, 0.3) is 0 Å². The first-order chi connectivity index (χ1) is 15.4. The molecule has 2 aliphatic heterocycles. The van der Waals surface area contributed by atoms with E-state index in [2.05, 4.69) is 34.4 Å². The molecule has 2 fully saturated rings. The number of piperidine rings is 1. The first-order valence-electron chi connectivity index (χ1n) is 12.2. The Bertz CT molecular complexity index is 717. The molecule has 3 rings (SSSR count). The van der Waals surface area contributed by atoms with E-state index in [0.717, 1.165) is 63.2 Å². The van der Waals surface area contributed by atoms with Crippen molar-refractivity contribution in [3.05, 3.63) is 16.6 Å². The van der Waals surface area contributed by atoms with Gasteiger partial charge < -0.3 is 15.4 Å². The highest BCUT2D eigenvalue weighted by Gasteiger charge is 2.42. The van der Waals surface area contributed by atoms with Gasteiger partial charge >= 0.3 is 0 Å². The largest absolute Gasteiger partial charge is 0.379 e. The highest BCUT2D eigenvalue weighted by Crippen LogP contribution is 2.38. The molecule has 0 aliphatic carbocycles. The van der Waals surface area contributed by atoms with Gasteiger partial charge in [0.15, 0.2) is 0 Å². The molecule has 1 spiro atoms. The van der Waals surface area contributed by atoms with Gasteiger partial charge in [0.25, 0.3) is 0 Å². The van der Waals surface area contributed by atoms with Crippen molar-refractivity contribution in [1.29, 1.82) is 0 Å². The van der Waals surface area contributed by atoms with Crippen LogP contribution < -0.4 is 10.6 Å². The molecule has 3 heterocycles. The number of thiazole rings is 1. The van der Waals surface area contributed by atoms with Crippen LogP contribution in [0.3, 0.4) is 0 Å². The highest BCUT2D eigenvalue weighted by atomic mass is 32.1. The third kappa shape index (κ3) is 7.25. The Morgan fingerprint density at radius 3 is 2.66 bits per heavy atom. The lowest BCUT2D eigenvalue weighted by Crippen LogP contribution is -2.56. The minimum Gasteiger partial charge on any atom is -0.379 e. The summed E-state index contributed by atoms with van der Waals surface area (Å²) < 4.78 is 5.76. The van der Waals surface area contributed by atoms with Gasteiger partial charge in [-0.25, -0.2) is 4.98 Å². The summed E-state index contributed by atoms with van der Waals surface area (Å²) in [6.45, 7) is 9.96. The fraction of sp³-hybridized carbons (Fsp3) is 0.792. The van der Waals surface area contributed by atoms with Gasteiger partial charge in [-0.15, -0.1) is 11.3 Å². The maximum absolute atomic E-state index is 13.7. The van der Waals surface area contributed by atoms with Crippen molar-refractivity contribution in [1.82, 2.24) is 20.5 Å². The summed E-state index contributed by atoms with van der Waals surface area (Å²) in [4.78, 5) is 33.4. The molecule has 8 heteroatoms. The number of carbonyl (C=O) groups excluding carboxylic acids is 2. The fourth-order valence-electron chi connectivity index (χ4n) is 4.76. The van der Waals surface area contributed by atoms with Crippen LogP contribution in [0.5, 0.6) is 0 Å². The van der Waals surface area contributed by atoms with Crippen LogP contribution in [0.4, 0.5) is 0 Å². The average Bonchev–Trinajstić information content (AvgIpc) is 3.26. The van der Waals surface area contributed by atoms with Crippen molar-refractivity contribution in [2.24, 2.45) is 11.3 Å². The second-order valence-corrected chi connectivity index (χ2v) is 10.9. The van der Waals surface area contributed by atoms with Crippen LogP contribution in [0, 0.1) is 11.3 Å². The summed E-state index contributed by atoms with van der Waals surface area (Å²) in [7, 11) is 0. The molecule has 2 amide bonds. The molecular formula is C24H40N4O3S. The number of rotatable bonds is 4. The number of hydrogen-bond donors (Lipinski definition) is 2. The van der Waals surface area contributed by atoms with Crippen LogP contribution in [0.15, 0.2) is 11.6 Å². The van der Waals surface area contributed by atoms with E-state index in [4.69, 9.17) is 4.74 Å². The SMILES string of the molecule is CC(C)C[C@@H]1NC(=O)C2(CCCCCOC[C@@H](C)NC1=O)CCN(Cc1nccs1)CC2. The zero-order chi connectivity index (χ0) is 23.0. The Morgan fingerprint density at radius 1 is 1.19 bits per heavy atom. The van der Waals surface area contributed by atoms with E-state index in [-0.39, 0.29) is 17.9 Å². The molecular weight excluding hydrogens is 424 g/mol. The normalized spacial score (nSPS) is 26.5. The molecule has 0 aromatic carbocycles. The summed E-state index contributed by atoms with van der Waals surface area (Å²) in [5, 5.41) is 9.35. The number of carbonyl (C=O) groups is 2. The maximum atomic E-state index is 13.7. The van der Waals surface area contributed by atoms with Crippen LogP contribution in [0.1, 0.15) is 70.7 Å². The highest BCUT2D eigenvalue weighted by molar-refractivity contribution is 7.09. The molecule has 2 N–H and O–H groups in total. The van der Waals surface area contributed by atoms with Gasteiger partial charge in [0.1, 0.15) is 11.0 Å². The zero-order valence-electron chi connectivity index (χ0n) is 19.9. The molecule has 2 atom stereocenters. The monoisotopic (exact) mass is 464 g/mol.